The van der Waals surface area contributed by atoms with Gasteiger partial charge in [-0.05, 0) is 86.4 Å². The number of piperidine rings is 1. The molecule has 7 heteroatoms. The number of likely N-dealkylation sites (tertiary alicyclic amines) is 1. The molecule has 2 aromatic rings. The van der Waals surface area contributed by atoms with Gasteiger partial charge in [0.05, 0.1) is 19.2 Å². The van der Waals surface area contributed by atoms with Gasteiger partial charge in [-0.2, -0.15) is 0 Å². The van der Waals surface area contributed by atoms with Crippen molar-refractivity contribution in [2.24, 2.45) is 11.3 Å². The first-order chi connectivity index (χ1) is 16.2. The van der Waals surface area contributed by atoms with E-state index in [1.54, 1.807) is 18.4 Å². The maximum Gasteiger partial charge on any atom is 0.258 e. The molecule has 0 bridgehead atoms. The van der Waals surface area contributed by atoms with Gasteiger partial charge in [-0.3, -0.25) is 14.5 Å². The lowest BCUT2D eigenvalue weighted by atomic mass is 9.72. The zero-order valence-electron chi connectivity index (χ0n) is 20.8. The van der Waals surface area contributed by atoms with Gasteiger partial charge in [-0.15, -0.1) is 11.3 Å². The Kier molecular flexibility index (Phi) is 7.63. The summed E-state index contributed by atoms with van der Waals surface area (Å²) in [4.78, 5) is 29.8. The molecule has 6 nitrogen and oxygen atoms in total. The fourth-order valence-corrected chi connectivity index (χ4v) is 6.35. The number of hydrogen-bond donors (Lipinski definition) is 2. The van der Waals surface area contributed by atoms with E-state index < -0.39 is 0 Å². The minimum Gasteiger partial charge on any atom is -0.497 e. The summed E-state index contributed by atoms with van der Waals surface area (Å²) in [5, 5.41) is 6.83. The second kappa shape index (κ2) is 10.5. The smallest absolute Gasteiger partial charge is 0.258 e. The van der Waals surface area contributed by atoms with Gasteiger partial charge in [-0.25, -0.2) is 0 Å². The van der Waals surface area contributed by atoms with Crippen molar-refractivity contribution in [3.05, 3.63) is 40.3 Å². The molecule has 2 aliphatic rings. The number of hydrogen-bond acceptors (Lipinski definition) is 5. The van der Waals surface area contributed by atoms with Crippen molar-refractivity contribution in [2.45, 2.75) is 59.3 Å². The number of rotatable bonds is 6. The summed E-state index contributed by atoms with van der Waals surface area (Å²) < 4.78 is 5.22. The molecule has 2 N–H and O–H groups in total. The number of ether oxygens (including phenoxy) is 1. The van der Waals surface area contributed by atoms with Crippen LogP contribution in [0.5, 0.6) is 5.75 Å². The summed E-state index contributed by atoms with van der Waals surface area (Å²) in [7, 11) is 1.62. The molecule has 0 radical (unpaired) electrons. The van der Waals surface area contributed by atoms with Gasteiger partial charge in [0, 0.05) is 10.6 Å². The Morgan fingerprint density at radius 2 is 1.79 bits per heavy atom. The summed E-state index contributed by atoms with van der Waals surface area (Å²) in [5.74, 6) is 1.11. The number of amides is 2. The number of fused-ring (bicyclic) bond motifs is 1. The maximum atomic E-state index is 13.5. The molecule has 1 fully saturated rings. The minimum atomic E-state index is -0.162. The zero-order chi connectivity index (χ0) is 24.3. The predicted molar refractivity (Wildman–Crippen MR) is 139 cm³/mol. The standard InChI is InChI=1S/C27H37N3O3S/c1-27(2,3)18-8-13-21-22(16-18)34-26(29-23(31)17-30-14-6-5-7-15-30)24(21)25(32)28-19-9-11-20(33-4)12-10-19/h9-12,18H,5-8,13-17H2,1-4H3,(H,28,32)(H,29,31)/t18-/m1/s1. The lowest BCUT2D eigenvalue weighted by Gasteiger charge is -2.33. The molecule has 1 atom stereocenters. The SMILES string of the molecule is COc1ccc(NC(=O)c2c(NC(=O)CN3CCCCC3)sc3c2CC[C@@H](C(C)(C)C)C3)cc1. The fourth-order valence-electron chi connectivity index (χ4n) is 5.01. The van der Waals surface area contributed by atoms with Crippen LogP contribution in [0.25, 0.3) is 0 Å². The van der Waals surface area contributed by atoms with Crippen LogP contribution in [0.15, 0.2) is 24.3 Å². The van der Waals surface area contributed by atoms with Crippen molar-refractivity contribution in [1.82, 2.24) is 4.90 Å². The topological polar surface area (TPSA) is 70.7 Å². The van der Waals surface area contributed by atoms with Crippen LogP contribution in [0.4, 0.5) is 10.7 Å². The zero-order valence-corrected chi connectivity index (χ0v) is 21.6. The van der Waals surface area contributed by atoms with Gasteiger partial charge in [0.2, 0.25) is 5.91 Å². The first-order valence-electron chi connectivity index (χ1n) is 12.4. The first kappa shape index (κ1) is 24.7. The number of nitrogens with zero attached hydrogens (tertiary/aromatic N) is 1. The van der Waals surface area contributed by atoms with Crippen molar-refractivity contribution in [3.63, 3.8) is 0 Å². The normalized spacial score (nSPS) is 18.8. The number of thiophene rings is 1. The number of carbonyl (C=O) groups is 2. The summed E-state index contributed by atoms with van der Waals surface area (Å²) in [5.41, 5.74) is 2.66. The number of methoxy groups -OCH3 is 1. The van der Waals surface area contributed by atoms with Gasteiger partial charge in [-0.1, -0.05) is 27.2 Å². The lowest BCUT2D eigenvalue weighted by Crippen LogP contribution is -2.37. The molecule has 34 heavy (non-hydrogen) atoms. The molecule has 1 aliphatic carbocycles. The molecule has 0 spiro atoms. The first-order valence-corrected chi connectivity index (χ1v) is 13.2. The molecule has 4 rings (SSSR count). The Bertz CT molecular complexity index is 1020. The molecule has 0 unspecified atom stereocenters. The van der Waals surface area contributed by atoms with Crippen LogP contribution in [-0.2, 0) is 17.6 Å². The molecular weight excluding hydrogens is 446 g/mol. The molecule has 2 amide bonds. The summed E-state index contributed by atoms with van der Waals surface area (Å²) in [6, 6.07) is 7.32. The van der Waals surface area contributed by atoms with E-state index in [1.165, 1.54) is 11.3 Å². The van der Waals surface area contributed by atoms with E-state index in [0.717, 1.165) is 56.5 Å². The molecule has 0 saturated carbocycles. The Hall–Kier alpha value is -2.38. The van der Waals surface area contributed by atoms with Gasteiger partial charge >= 0.3 is 0 Å². The second-order valence-corrected chi connectivity index (χ2v) is 11.7. The van der Waals surface area contributed by atoms with Gasteiger partial charge in [0.1, 0.15) is 10.8 Å². The van der Waals surface area contributed by atoms with Gasteiger partial charge < -0.3 is 15.4 Å². The number of nitrogens with one attached hydrogen (secondary N) is 2. The second-order valence-electron chi connectivity index (χ2n) is 10.6. The largest absolute Gasteiger partial charge is 0.497 e. The molecule has 184 valence electrons. The number of benzene rings is 1. The van der Waals surface area contributed by atoms with E-state index in [9.17, 15) is 9.59 Å². The average molecular weight is 484 g/mol. The molecule has 1 aromatic carbocycles. The monoisotopic (exact) mass is 483 g/mol. The van der Waals surface area contributed by atoms with E-state index in [1.807, 2.05) is 24.3 Å². The highest BCUT2D eigenvalue weighted by atomic mass is 32.1. The van der Waals surface area contributed by atoms with E-state index >= 15 is 0 Å². The highest BCUT2D eigenvalue weighted by molar-refractivity contribution is 7.17. The van der Waals surface area contributed by atoms with Gasteiger partial charge in [0.25, 0.3) is 5.91 Å². The van der Waals surface area contributed by atoms with Crippen LogP contribution in [0, 0.1) is 11.3 Å². The Morgan fingerprint density at radius 1 is 1.09 bits per heavy atom. The van der Waals surface area contributed by atoms with Crippen LogP contribution < -0.4 is 15.4 Å². The molecular formula is C27H37N3O3S. The van der Waals surface area contributed by atoms with Crippen LogP contribution >= 0.6 is 11.3 Å². The Labute approximate surface area is 207 Å². The third-order valence-corrected chi connectivity index (χ3v) is 8.30. The number of carbonyl (C=O) groups excluding carboxylic acids is 2. The fraction of sp³-hybridized carbons (Fsp3) is 0.556. The maximum absolute atomic E-state index is 13.5. The summed E-state index contributed by atoms with van der Waals surface area (Å²) in [6.45, 7) is 9.17. The van der Waals surface area contributed by atoms with Crippen molar-refractivity contribution >= 4 is 33.8 Å². The third kappa shape index (κ3) is 5.81. The third-order valence-electron chi connectivity index (χ3n) is 7.13. The van der Waals surface area contributed by atoms with Crippen LogP contribution in [0.3, 0.4) is 0 Å². The predicted octanol–water partition coefficient (Wildman–Crippen LogP) is 5.58. The van der Waals surface area contributed by atoms with E-state index in [-0.39, 0.29) is 17.2 Å². The highest BCUT2D eigenvalue weighted by Crippen LogP contribution is 2.44. The van der Waals surface area contributed by atoms with Gasteiger partial charge in [0.15, 0.2) is 0 Å². The molecule has 1 aromatic heterocycles. The van der Waals surface area contributed by atoms with Crippen molar-refractivity contribution in [1.29, 1.82) is 0 Å². The molecule has 1 saturated heterocycles. The van der Waals surface area contributed by atoms with E-state index in [0.29, 0.717) is 28.7 Å². The average Bonchev–Trinajstić information content (AvgIpc) is 3.16. The Balaban J connectivity index is 1.57. The van der Waals surface area contributed by atoms with Crippen molar-refractivity contribution in [2.75, 3.05) is 37.4 Å². The summed E-state index contributed by atoms with van der Waals surface area (Å²) in [6.07, 6.45) is 6.39. The van der Waals surface area contributed by atoms with Crippen molar-refractivity contribution in [3.8, 4) is 5.75 Å². The summed E-state index contributed by atoms with van der Waals surface area (Å²) >= 11 is 1.59. The minimum absolute atomic E-state index is 0.0358. The highest BCUT2D eigenvalue weighted by Gasteiger charge is 2.34. The van der Waals surface area contributed by atoms with Crippen molar-refractivity contribution < 1.29 is 14.3 Å². The lowest BCUT2D eigenvalue weighted by molar-refractivity contribution is -0.117. The molecule has 1 aliphatic heterocycles. The molecule has 2 heterocycles. The van der Waals surface area contributed by atoms with Crippen LogP contribution in [0.1, 0.15) is 67.3 Å². The number of anilines is 2. The van der Waals surface area contributed by atoms with Crippen LogP contribution in [0.2, 0.25) is 0 Å². The quantitative estimate of drug-likeness (QED) is 0.562. The van der Waals surface area contributed by atoms with E-state index in [2.05, 4.69) is 36.3 Å². The Morgan fingerprint density at radius 3 is 2.44 bits per heavy atom. The van der Waals surface area contributed by atoms with Crippen LogP contribution in [-0.4, -0.2) is 43.5 Å². The van der Waals surface area contributed by atoms with E-state index in [4.69, 9.17) is 4.74 Å².